The van der Waals surface area contributed by atoms with Gasteiger partial charge in [0.25, 0.3) is 0 Å². The van der Waals surface area contributed by atoms with Gasteiger partial charge in [-0.2, -0.15) is 0 Å². The number of ether oxygens (including phenoxy) is 1. The number of carbonyl (C=O) groups excluding carboxylic acids is 1. The van der Waals surface area contributed by atoms with E-state index in [1.165, 1.54) is 6.07 Å². The number of nitrogens with one attached hydrogen (secondary N) is 1. The molecule has 0 saturated carbocycles. The molecule has 1 atom stereocenters. The third-order valence-electron chi connectivity index (χ3n) is 3.28. The second-order valence-electron chi connectivity index (χ2n) is 4.68. The predicted molar refractivity (Wildman–Crippen MR) is 83.0 cm³/mol. The first kappa shape index (κ1) is 17.4. The monoisotopic (exact) mass is 296 g/mol. The highest BCUT2D eigenvalue weighted by atomic mass is 19.1. The van der Waals surface area contributed by atoms with Crippen molar-refractivity contribution in [2.45, 2.75) is 33.2 Å². The van der Waals surface area contributed by atoms with Crippen molar-refractivity contribution in [3.63, 3.8) is 0 Å². The van der Waals surface area contributed by atoms with Crippen molar-refractivity contribution in [2.24, 2.45) is 0 Å². The van der Waals surface area contributed by atoms with Crippen molar-refractivity contribution in [1.82, 2.24) is 5.32 Å². The maximum atomic E-state index is 13.8. The van der Waals surface area contributed by atoms with Gasteiger partial charge < -0.3 is 15.0 Å². The molecule has 1 rings (SSSR count). The molecule has 1 N–H and O–H groups in total. The molecule has 0 bridgehead atoms. The van der Waals surface area contributed by atoms with Crippen molar-refractivity contribution in [1.29, 1.82) is 0 Å². The van der Waals surface area contributed by atoms with Crippen LogP contribution >= 0.6 is 0 Å². The Labute approximate surface area is 126 Å². The molecule has 0 saturated heterocycles. The molecule has 0 aliphatic rings. The molecular weight excluding hydrogens is 271 g/mol. The van der Waals surface area contributed by atoms with E-state index in [1.807, 2.05) is 24.8 Å². The van der Waals surface area contributed by atoms with E-state index in [2.05, 4.69) is 5.32 Å². The maximum absolute atomic E-state index is 13.8. The number of esters is 1. The Kier molecular flexibility index (Phi) is 7.75. The van der Waals surface area contributed by atoms with Crippen LogP contribution in [0.3, 0.4) is 0 Å². The Morgan fingerprint density at radius 3 is 2.62 bits per heavy atom. The van der Waals surface area contributed by atoms with Crippen molar-refractivity contribution in [3.05, 3.63) is 30.1 Å². The highest BCUT2D eigenvalue weighted by Crippen LogP contribution is 2.18. The van der Waals surface area contributed by atoms with Gasteiger partial charge in [-0.3, -0.25) is 4.79 Å². The van der Waals surface area contributed by atoms with E-state index in [0.717, 1.165) is 0 Å². The molecule has 0 fully saturated rings. The van der Waals surface area contributed by atoms with Gasteiger partial charge in [0.05, 0.1) is 12.3 Å². The maximum Gasteiger partial charge on any atom is 0.323 e. The molecule has 0 aromatic heterocycles. The van der Waals surface area contributed by atoms with Crippen molar-refractivity contribution >= 4 is 11.7 Å². The minimum absolute atomic E-state index is 0.240. The van der Waals surface area contributed by atoms with Crippen LogP contribution in [0.25, 0.3) is 0 Å². The van der Waals surface area contributed by atoms with Crippen LogP contribution in [-0.2, 0) is 9.53 Å². The van der Waals surface area contributed by atoms with Crippen LogP contribution in [0.4, 0.5) is 10.1 Å². The molecule has 0 aliphatic carbocycles. The Morgan fingerprint density at radius 1 is 1.33 bits per heavy atom. The Morgan fingerprint density at radius 2 is 2.05 bits per heavy atom. The summed E-state index contributed by atoms with van der Waals surface area (Å²) in [4.78, 5) is 13.8. The lowest BCUT2D eigenvalue weighted by Gasteiger charge is -2.26. The lowest BCUT2D eigenvalue weighted by molar-refractivity contribution is -0.145. The summed E-state index contributed by atoms with van der Waals surface area (Å²) in [5.74, 6) is -0.487. The summed E-state index contributed by atoms with van der Waals surface area (Å²) in [6.45, 7) is 8.04. The van der Waals surface area contributed by atoms with Crippen LogP contribution < -0.4 is 10.2 Å². The van der Waals surface area contributed by atoms with E-state index in [0.29, 0.717) is 38.3 Å². The quantitative estimate of drug-likeness (QED) is 0.711. The average Bonchev–Trinajstić information content (AvgIpc) is 2.48. The number of nitrogens with zero attached hydrogens (tertiary/aromatic N) is 1. The Balaban J connectivity index is 2.68. The third-order valence-corrected chi connectivity index (χ3v) is 3.28. The average molecular weight is 296 g/mol. The van der Waals surface area contributed by atoms with Crippen LogP contribution in [0.15, 0.2) is 24.3 Å². The Hall–Kier alpha value is -1.62. The third kappa shape index (κ3) is 5.34. The summed E-state index contributed by atoms with van der Waals surface area (Å²) in [5.41, 5.74) is 0.569. The van der Waals surface area contributed by atoms with Gasteiger partial charge in [0.2, 0.25) is 0 Å². The summed E-state index contributed by atoms with van der Waals surface area (Å²) >= 11 is 0. The number of carbonyl (C=O) groups is 1. The number of hydrogen-bond donors (Lipinski definition) is 1. The molecule has 0 heterocycles. The first-order valence-corrected chi connectivity index (χ1v) is 7.53. The van der Waals surface area contributed by atoms with Gasteiger partial charge in [-0.25, -0.2) is 4.39 Å². The summed E-state index contributed by atoms with van der Waals surface area (Å²) in [6, 6.07) is 6.34. The molecule has 0 amide bonds. The molecule has 4 nitrogen and oxygen atoms in total. The molecule has 118 valence electrons. The molecule has 1 aromatic carbocycles. The molecule has 0 aliphatic heterocycles. The molecule has 1 aromatic rings. The van der Waals surface area contributed by atoms with E-state index >= 15 is 0 Å². The van der Waals surface area contributed by atoms with Crippen molar-refractivity contribution in [2.75, 3.05) is 31.1 Å². The summed E-state index contributed by atoms with van der Waals surface area (Å²) in [5, 5.41) is 3.12. The standard InChI is InChI=1S/C16H25FN2O2/c1-4-18-14(16(20)21-6-3)11-12-19(5-2)15-10-8-7-9-13(15)17/h7-10,14,18H,4-6,11-12H2,1-3H3. The fourth-order valence-corrected chi connectivity index (χ4v) is 2.23. The summed E-state index contributed by atoms with van der Waals surface area (Å²) in [7, 11) is 0. The van der Waals surface area contributed by atoms with Crippen LogP contribution in [0.5, 0.6) is 0 Å². The van der Waals surface area contributed by atoms with Crippen LogP contribution in [0.1, 0.15) is 27.2 Å². The van der Waals surface area contributed by atoms with Gasteiger partial charge >= 0.3 is 5.97 Å². The summed E-state index contributed by atoms with van der Waals surface area (Å²) < 4.78 is 18.9. The normalized spacial score (nSPS) is 12.0. The number of hydrogen-bond acceptors (Lipinski definition) is 4. The van der Waals surface area contributed by atoms with Gasteiger partial charge in [0, 0.05) is 13.1 Å². The SMILES string of the molecule is CCNC(CCN(CC)c1ccccc1F)C(=O)OCC. The molecule has 21 heavy (non-hydrogen) atoms. The minimum atomic E-state index is -0.351. The smallest absolute Gasteiger partial charge is 0.323 e. The molecule has 0 radical (unpaired) electrons. The number of para-hydroxylation sites is 1. The van der Waals surface area contributed by atoms with Gasteiger partial charge in [0.1, 0.15) is 11.9 Å². The topological polar surface area (TPSA) is 41.6 Å². The van der Waals surface area contributed by atoms with E-state index in [1.54, 1.807) is 19.1 Å². The van der Waals surface area contributed by atoms with E-state index in [-0.39, 0.29) is 17.8 Å². The predicted octanol–water partition coefficient (Wildman–Crippen LogP) is 2.58. The van der Waals surface area contributed by atoms with E-state index < -0.39 is 0 Å². The first-order chi connectivity index (χ1) is 10.1. The van der Waals surface area contributed by atoms with Gasteiger partial charge in [-0.05, 0) is 38.9 Å². The van der Waals surface area contributed by atoms with Gasteiger partial charge in [-0.15, -0.1) is 0 Å². The fourth-order valence-electron chi connectivity index (χ4n) is 2.23. The minimum Gasteiger partial charge on any atom is -0.465 e. The van der Waals surface area contributed by atoms with Crippen LogP contribution in [-0.4, -0.2) is 38.3 Å². The molecular formula is C16H25FN2O2. The number of anilines is 1. The van der Waals surface area contributed by atoms with Crippen molar-refractivity contribution in [3.8, 4) is 0 Å². The first-order valence-electron chi connectivity index (χ1n) is 7.53. The van der Waals surface area contributed by atoms with E-state index in [4.69, 9.17) is 4.74 Å². The lowest BCUT2D eigenvalue weighted by atomic mass is 10.1. The van der Waals surface area contributed by atoms with Gasteiger partial charge in [0.15, 0.2) is 0 Å². The second-order valence-corrected chi connectivity index (χ2v) is 4.68. The van der Waals surface area contributed by atoms with E-state index in [9.17, 15) is 9.18 Å². The van der Waals surface area contributed by atoms with Gasteiger partial charge in [-0.1, -0.05) is 19.1 Å². The summed E-state index contributed by atoms with van der Waals surface area (Å²) in [6.07, 6.45) is 0.578. The molecule has 0 spiro atoms. The highest BCUT2D eigenvalue weighted by molar-refractivity contribution is 5.75. The largest absolute Gasteiger partial charge is 0.465 e. The zero-order valence-corrected chi connectivity index (χ0v) is 13.1. The number of halogens is 1. The molecule has 5 heteroatoms. The number of likely N-dealkylation sites (N-methyl/N-ethyl adjacent to an activating group) is 1. The number of rotatable bonds is 9. The van der Waals surface area contributed by atoms with Crippen molar-refractivity contribution < 1.29 is 13.9 Å². The second kappa shape index (κ2) is 9.34. The van der Waals surface area contributed by atoms with Crippen LogP contribution in [0, 0.1) is 5.82 Å². The Bertz CT molecular complexity index is 440. The molecule has 1 unspecified atom stereocenters. The highest BCUT2D eigenvalue weighted by Gasteiger charge is 2.20. The zero-order chi connectivity index (χ0) is 15.7. The number of benzene rings is 1. The lowest BCUT2D eigenvalue weighted by Crippen LogP contribution is -2.41. The fraction of sp³-hybridized carbons (Fsp3) is 0.562. The zero-order valence-electron chi connectivity index (χ0n) is 13.1. The van der Waals surface area contributed by atoms with Crippen LogP contribution in [0.2, 0.25) is 0 Å².